The van der Waals surface area contributed by atoms with Crippen LogP contribution in [-0.2, 0) is 0 Å². The Bertz CT molecular complexity index is 651. The summed E-state index contributed by atoms with van der Waals surface area (Å²) in [5.74, 6) is 0.633. The summed E-state index contributed by atoms with van der Waals surface area (Å²) in [5.41, 5.74) is 8.71. The van der Waals surface area contributed by atoms with Crippen LogP contribution in [0.15, 0.2) is 42.5 Å². The van der Waals surface area contributed by atoms with Crippen LogP contribution in [0, 0.1) is 6.92 Å². The van der Waals surface area contributed by atoms with Gasteiger partial charge in [0.15, 0.2) is 0 Å². The molecule has 0 bridgehead atoms. The molecule has 2 rings (SSSR count). The number of benzene rings is 2. The molecule has 0 saturated heterocycles. The van der Waals surface area contributed by atoms with Crippen LogP contribution in [0.5, 0.6) is 5.75 Å². The summed E-state index contributed by atoms with van der Waals surface area (Å²) in [6, 6.07) is 12.7. The number of unbranched alkanes of at least 4 members (excludes halogenated alkanes) is 2. The maximum absolute atomic E-state index is 12.3. The second kappa shape index (κ2) is 8.22. The molecule has 0 fully saturated rings. The summed E-state index contributed by atoms with van der Waals surface area (Å²) in [4.78, 5) is 12.3. The molecule has 0 aliphatic carbocycles. The highest BCUT2D eigenvalue weighted by Gasteiger charge is 2.09. The fourth-order valence-electron chi connectivity index (χ4n) is 2.23. The first kappa shape index (κ1) is 16.9. The molecule has 2 aromatic carbocycles. The molecule has 0 unspecified atom stereocenters. The van der Waals surface area contributed by atoms with Crippen LogP contribution in [-0.4, -0.2) is 12.5 Å². The van der Waals surface area contributed by atoms with E-state index in [9.17, 15) is 4.79 Å². The lowest BCUT2D eigenvalue weighted by Crippen LogP contribution is -2.13. The largest absolute Gasteiger partial charge is 0.494 e. The molecule has 0 aliphatic rings. The molecule has 1 amide bonds. The number of amides is 1. The van der Waals surface area contributed by atoms with Crippen molar-refractivity contribution in [3.63, 3.8) is 0 Å². The molecule has 23 heavy (non-hydrogen) atoms. The minimum atomic E-state index is -0.156. The average molecular weight is 312 g/mol. The van der Waals surface area contributed by atoms with E-state index in [1.165, 1.54) is 12.8 Å². The normalized spacial score (nSPS) is 10.3. The Morgan fingerprint density at radius 1 is 1.13 bits per heavy atom. The summed E-state index contributed by atoms with van der Waals surface area (Å²) < 4.78 is 5.65. The van der Waals surface area contributed by atoms with Gasteiger partial charge in [-0.3, -0.25) is 4.79 Å². The predicted octanol–water partition coefficient (Wildman–Crippen LogP) is 4.40. The number of hydrogen-bond acceptors (Lipinski definition) is 3. The van der Waals surface area contributed by atoms with E-state index in [1.54, 1.807) is 12.1 Å². The zero-order valence-corrected chi connectivity index (χ0v) is 13.8. The van der Waals surface area contributed by atoms with Gasteiger partial charge in [0.2, 0.25) is 0 Å². The fraction of sp³-hybridized carbons (Fsp3) is 0.316. The number of nitrogens with one attached hydrogen (secondary N) is 1. The van der Waals surface area contributed by atoms with Gasteiger partial charge in [-0.25, -0.2) is 0 Å². The van der Waals surface area contributed by atoms with Crippen LogP contribution >= 0.6 is 0 Å². The second-order valence-corrected chi connectivity index (χ2v) is 5.55. The van der Waals surface area contributed by atoms with E-state index >= 15 is 0 Å². The van der Waals surface area contributed by atoms with Gasteiger partial charge in [0.05, 0.1) is 6.61 Å². The summed E-state index contributed by atoms with van der Waals surface area (Å²) >= 11 is 0. The topological polar surface area (TPSA) is 64.3 Å². The SMILES string of the molecule is CCCCCOc1ccc(C(=O)Nc2cccc(N)c2C)cc1. The number of carbonyl (C=O) groups excluding carboxylic acids is 1. The predicted molar refractivity (Wildman–Crippen MR) is 95.0 cm³/mol. The number of hydrogen-bond donors (Lipinski definition) is 2. The van der Waals surface area contributed by atoms with E-state index in [0.717, 1.165) is 23.4 Å². The molecule has 4 nitrogen and oxygen atoms in total. The first-order chi connectivity index (χ1) is 11.1. The van der Waals surface area contributed by atoms with E-state index in [-0.39, 0.29) is 5.91 Å². The van der Waals surface area contributed by atoms with Crippen LogP contribution in [0.25, 0.3) is 0 Å². The highest BCUT2D eigenvalue weighted by Crippen LogP contribution is 2.21. The molecule has 3 N–H and O–H groups in total. The summed E-state index contributed by atoms with van der Waals surface area (Å²) in [6.07, 6.45) is 3.39. The van der Waals surface area contributed by atoms with Gasteiger partial charge in [-0.05, 0) is 55.3 Å². The lowest BCUT2D eigenvalue weighted by atomic mass is 10.1. The quantitative estimate of drug-likeness (QED) is 0.588. The zero-order chi connectivity index (χ0) is 16.7. The smallest absolute Gasteiger partial charge is 0.255 e. The Hall–Kier alpha value is -2.49. The van der Waals surface area contributed by atoms with Gasteiger partial charge in [0.1, 0.15) is 5.75 Å². The molecule has 0 aromatic heterocycles. The molecule has 0 atom stereocenters. The van der Waals surface area contributed by atoms with E-state index < -0.39 is 0 Å². The second-order valence-electron chi connectivity index (χ2n) is 5.55. The first-order valence-corrected chi connectivity index (χ1v) is 8.01. The number of ether oxygens (including phenoxy) is 1. The fourth-order valence-corrected chi connectivity index (χ4v) is 2.23. The summed E-state index contributed by atoms with van der Waals surface area (Å²) in [6.45, 7) is 4.76. The molecule has 4 heteroatoms. The van der Waals surface area contributed by atoms with Crippen LogP contribution in [0.4, 0.5) is 11.4 Å². The van der Waals surface area contributed by atoms with Gasteiger partial charge >= 0.3 is 0 Å². The third-order valence-electron chi connectivity index (χ3n) is 3.76. The molecule has 0 heterocycles. The Morgan fingerprint density at radius 3 is 2.57 bits per heavy atom. The third-order valence-corrected chi connectivity index (χ3v) is 3.76. The van der Waals surface area contributed by atoms with Crippen LogP contribution in [0.3, 0.4) is 0 Å². The standard InChI is InChI=1S/C19H24N2O2/c1-3-4-5-13-23-16-11-9-15(10-12-16)19(22)21-18-8-6-7-17(20)14(18)2/h6-12H,3-5,13,20H2,1-2H3,(H,21,22). The average Bonchev–Trinajstić information content (AvgIpc) is 2.56. The number of rotatable bonds is 7. The highest BCUT2D eigenvalue weighted by atomic mass is 16.5. The van der Waals surface area contributed by atoms with E-state index in [0.29, 0.717) is 17.9 Å². The Morgan fingerprint density at radius 2 is 1.87 bits per heavy atom. The van der Waals surface area contributed by atoms with Crippen molar-refractivity contribution >= 4 is 17.3 Å². The molecule has 0 aliphatic heterocycles. The van der Waals surface area contributed by atoms with Crippen molar-refractivity contribution < 1.29 is 9.53 Å². The molecule has 122 valence electrons. The third kappa shape index (κ3) is 4.74. The van der Waals surface area contributed by atoms with Gasteiger partial charge in [0, 0.05) is 16.9 Å². The Balaban J connectivity index is 1.96. The van der Waals surface area contributed by atoms with Gasteiger partial charge in [0.25, 0.3) is 5.91 Å². The first-order valence-electron chi connectivity index (χ1n) is 8.01. The zero-order valence-electron chi connectivity index (χ0n) is 13.8. The van der Waals surface area contributed by atoms with Crippen molar-refractivity contribution in [2.75, 3.05) is 17.7 Å². The minimum absolute atomic E-state index is 0.156. The van der Waals surface area contributed by atoms with Gasteiger partial charge in [-0.2, -0.15) is 0 Å². The molecular formula is C19H24N2O2. The number of anilines is 2. The van der Waals surface area contributed by atoms with Crippen molar-refractivity contribution in [1.29, 1.82) is 0 Å². The van der Waals surface area contributed by atoms with E-state index in [1.807, 2.05) is 37.3 Å². The van der Waals surface area contributed by atoms with Gasteiger partial charge < -0.3 is 15.8 Å². The Labute approximate surface area is 137 Å². The maximum Gasteiger partial charge on any atom is 0.255 e. The molecule has 0 radical (unpaired) electrons. The van der Waals surface area contributed by atoms with Crippen molar-refractivity contribution in [2.24, 2.45) is 0 Å². The van der Waals surface area contributed by atoms with Crippen LogP contribution in [0.2, 0.25) is 0 Å². The van der Waals surface area contributed by atoms with Crippen molar-refractivity contribution in [2.45, 2.75) is 33.1 Å². The Kier molecular flexibility index (Phi) is 6.03. The van der Waals surface area contributed by atoms with Crippen molar-refractivity contribution in [3.8, 4) is 5.75 Å². The molecular weight excluding hydrogens is 288 g/mol. The highest BCUT2D eigenvalue weighted by molar-refractivity contribution is 6.05. The van der Waals surface area contributed by atoms with Gasteiger partial charge in [-0.15, -0.1) is 0 Å². The lowest BCUT2D eigenvalue weighted by Gasteiger charge is -2.11. The molecule has 0 saturated carbocycles. The molecule has 2 aromatic rings. The van der Waals surface area contributed by atoms with Crippen LogP contribution < -0.4 is 15.8 Å². The summed E-state index contributed by atoms with van der Waals surface area (Å²) in [5, 5.41) is 2.89. The number of nitrogens with two attached hydrogens (primary N) is 1. The minimum Gasteiger partial charge on any atom is -0.494 e. The summed E-state index contributed by atoms with van der Waals surface area (Å²) in [7, 11) is 0. The maximum atomic E-state index is 12.3. The number of nitrogen functional groups attached to an aromatic ring is 1. The number of carbonyl (C=O) groups is 1. The van der Waals surface area contributed by atoms with E-state index in [4.69, 9.17) is 10.5 Å². The molecule has 0 spiro atoms. The van der Waals surface area contributed by atoms with Crippen molar-refractivity contribution in [1.82, 2.24) is 0 Å². The van der Waals surface area contributed by atoms with Gasteiger partial charge in [-0.1, -0.05) is 25.8 Å². The van der Waals surface area contributed by atoms with Crippen LogP contribution in [0.1, 0.15) is 42.1 Å². The monoisotopic (exact) mass is 312 g/mol. The van der Waals surface area contributed by atoms with E-state index in [2.05, 4.69) is 12.2 Å². The lowest BCUT2D eigenvalue weighted by molar-refractivity contribution is 0.102. The van der Waals surface area contributed by atoms with Crippen molar-refractivity contribution in [3.05, 3.63) is 53.6 Å².